The molecule has 0 amide bonds. The lowest BCUT2D eigenvalue weighted by Crippen LogP contribution is -2.75. The van der Waals surface area contributed by atoms with Crippen molar-refractivity contribution in [2.24, 2.45) is 0 Å². The second kappa shape index (κ2) is 21.6. The number of carbonyl (C=O) groups excluding carboxylic acids is 1. The summed E-state index contributed by atoms with van der Waals surface area (Å²) in [6.45, 7) is 0. The maximum Gasteiger partial charge on any atom is 0.416 e. The molecule has 0 aliphatic carbocycles. The zero-order valence-electron chi connectivity index (χ0n) is 41.1. The van der Waals surface area contributed by atoms with Crippen molar-refractivity contribution >= 4 is 65.3 Å². The first-order valence-corrected chi connectivity index (χ1v) is 25.3. The Morgan fingerprint density at radius 1 is 0.337 bits per heavy atom. The fraction of sp³-hybridized carbons (Fsp3) is 0.182. The van der Waals surface area contributed by atoms with Gasteiger partial charge in [0, 0.05) is 5.56 Å². The summed E-state index contributed by atoms with van der Waals surface area (Å²) in [6, 6.07) is 18.3. The van der Waals surface area contributed by atoms with E-state index in [-0.39, 0.29) is 11.5 Å². The molecule has 0 N–H and O–H groups in total. The predicted molar refractivity (Wildman–Crippen MR) is 259 cm³/mol. The van der Waals surface area contributed by atoms with Crippen LogP contribution in [-0.4, -0.2) is 23.9 Å². The average molecular weight is 1220 g/mol. The van der Waals surface area contributed by atoms with E-state index in [1.165, 1.54) is 0 Å². The van der Waals surface area contributed by atoms with Gasteiger partial charge in [-0.1, -0.05) is 119 Å². The summed E-state index contributed by atoms with van der Waals surface area (Å²) >= 11 is 0. The fourth-order valence-corrected chi connectivity index (χ4v) is 11.0. The molecule has 1 atom stereocenters. The van der Waals surface area contributed by atoms with Crippen LogP contribution < -0.4 is 21.9 Å². The van der Waals surface area contributed by atoms with Crippen molar-refractivity contribution in [2.45, 2.75) is 54.3 Å². The van der Waals surface area contributed by atoms with Gasteiger partial charge in [0.15, 0.2) is 10.6 Å². The molecular weight excluding hydrogens is 1190 g/mol. The Morgan fingerprint density at radius 2 is 0.566 bits per heavy atom. The van der Waals surface area contributed by atoms with Crippen molar-refractivity contribution in [3.05, 3.63) is 208 Å². The van der Waals surface area contributed by atoms with Crippen molar-refractivity contribution in [3.8, 4) is 0 Å². The van der Waals surface area contributed by atoms with Gasteiger partial charge < -0.3 is 0 Å². The largest absolute Gasteiger partial charge is 0.416 e. The highest BCUT2D eigenvalue weighted by Crippen LogP contribution is 2.42. The highest BCUT2D eigenvalue weighted by atomic mass is 32.2. The number of fused-ring (bicyclic) bond motifs is 2. The van der Waals surface area contributed by atoms with Gasteiger partial charge in [-0.15, -0.1) is 0 Å². The standard InChI is InChI=1S/C32H12BF24.C23H19O2S/c34-25(35,36)13-1-14(26(37,38)39)6-21(5-13)33(22-7-15(27(40,41)42)2-16(8-22)28(43,44)45,23-9-17(29(46,47)48)3-18(10-23)30(49,50)51)24-11-19(31(52,53)54)4-20(12-24)32(55,56)57;1-26(25,19-11-3-2-4-12-19)16-22(24)23-20-13-7-5-9-17(20)15-18-10-6-8-14-21(18)23/h1-12H;2-15H,16H2,1H3/q-1;+1. The Morgan fingerprint density at radius 3 is 0.807 bits per heavy atom. The van der Waals surface area contributed by atoms with Gasteiger partial charge in [0.2, 0.25) is 5.78 Å². The molecule has 8 aromatic rings. The Kier molecular flexibility index (Phi) is 16.4. The van der Waals surface area contributed by atoms with Crippen LogP contribution >= 0.6 is 0 Å². The zero-order chi connectivity index (χ0) is 62.1. The van der Waals surface area contributed by atoms with Crippen molar-refractivity contribution in [2.75, 3.05) is 12.0 Å². The molecule has 0 saturated heterocycles. The highest BCUT2D eigenvalue weighted by molar-refractivity contribution is 8.03. The molecule has 83 heavy (non-hydrogen) atoms. The highest BCUT2D eigenvalue weighted by Gasteiger charge is 2.47. The minimum Gasteiger partial charge on any atom is -0.289 e. The van der Waals surface area contributed by atoms with Crippen molar-refractivity contribution < 1.29 is 114 Å². The Bertz CT molecular complexity index is 3300. The second-order valence-electron chi connectivity index (χ2n) is 18.8. The number of hydrogen-bond acceptors (Lipinski definition) is 2. The van der Waals surface area contributed by atoms with Gasteiger partial charge in [-0.3, -0.25) is 4.79 Å². The summed E-state index contributed by atoms with van der Waals surface area (Å²) in [4.78, 5) is 14.0. The first-order valence-electron chi connectivity index (χ1n) is 23.1. The second-order valence-corrected chi connectivity index (χ2v) is 21.6. The third-order valence-corrected chi connectivity index (χ3v) is 15.2. The Balaban J connectivity index is 0.000000313. The Hall–Kier alpha value is -7.52. The molecule has 0 fully saturated rings. The van der Waals surface area contributed by atoms with E-state index in [2.05, 4.69) is 6.07 Å². The molecule has 0 spiro atoms. The van der Waals surface area contributed by atoms with Crippen LogP contribution in [0.1, 0.15) is 54.9 Å². The first kappa shape index (κ1) is 63.1. The van der Waals surface area contributed by atoms with Crippen molar-refractivity contribution in [1.29, 1.82) is 0 Å². The Labute approximate surface area is 452 Å². The van der Waals surface area contributed by atoms with E-state index < -0.39 is 205 Å². The van der Waals surface area contributed by atoms with Gasteiger partial charge in [0.25, 0.3) is 0 Å². The van der Waals surface area contributed by atoms with E-state index in [1.807, 2.05) is 78.9 Å². The number of carbonyl (C=O) groups is 1. The molecular formula is C55H31BF24O2S. The normalized spacial score (nSPS) is 14.1. The van der Waals surface area contributed by atoms with Crippen LogP contribution in [0.25, 0.3) is 21.5 Å². The number of benzene rings is 8. The molecule has 1 unspecified atom stereocenters. The van der Waals surface area contributed by atoms with E-state index in [0.29, 0.717) is 5.56 Å². The van der Waals surface area contributed by atoms with Crippen LogP contribution in [0.5, 0.6) is 0 Å². The monoisotopic (exact) mass is 1220 g/mol. The molecule has 0 bridgehead atoms. The number of halogens is 24. The number of hydrogen-bond donors (Lipinski definition) is 0. The molecule has 0 radical (unpaired) electrons. The van der Waals surface area contributed by atoms with Crippen molar-refractivity contribution in [1.82, 2.24) is 0 Å². The lowest BCUT2D eigenvalue weighted by Gasteiger charge is -2.46. The third kappa shape index (κ3) is 13.6. The van der Waals surface area contributed by atoms with E-state index in [4.69, 9.17) is 0 Å². The number of Topliss-reactive ketones (excluding diaryl/α,β-unsaturated/α-hetero) is 1. The first-order chi connectivity index (χ1) is 37.8. The van der Waals surface area contributed by atoms with Gasteiger partial charge in [-0.25, -0.2) is 0 Å². The molecule has 0 heterocycles. The van der Waals surface area contributed by atoms with Crippen LogP contribution in [0.15, 0.2) is 163 Å². The number of rotatable bonds is 8. The lowest BCUT2D eigenvalue weighted by atomic mass is 9.12. The lowest BCUT2D eigenvalue weighted by molar-refractivity contribution is -0.144. The van der Waals surface area contributed by atoms with E-state index in [0.717, 1.165) is 26.4 Å². The summed E-state index contributed by atoms with van der Waals surface area (Å²) in [6.07, 6.45) is -53.1. The predicted octanol–water partition coefficient (Wildman–Crippen LogP) is 16.6. The molecule has 440 valence electrons. The van der Waals surface area contributed by atoms with Crippen LogP contribution in [0.4, 0.5) is 105 Å². The molecule has 28 heteroatoms. The maximum atomic E-state index is 14.2. The minimum absolute atomic E-state index is 0.00894. The average Bonchev–Trinajstić information content (AvgIpc) is 1.75. The molecule has 0 aliphatic heterocycles. The van der Waals surface area contributed by atoms with Crippen LogP contribution in [0.3, 0.4) is 0 Å². The quantitative estimate of drug-likeness (QED) is 0.0500. The van der Waals surface area contributed by atoms with E-state index in [1.54, 1.807) is 6.26 Å². The molecule has 8 aromatic carbocycles. The zero-order valence-corrected chi connectivity index (χ0v) is 41.9. The molecule has 0 aliphatic rings. The van der Waals surface area contributed by atoms with E-state index >= 15 is 0 Å². The number of alkyl halides is 24. The van der Waals surface area contributed by atoms with Crippen molar-refractivity contribution in [3.63, 3.8) is 0 Å². The SMILES string of the molecule is C[S+](=O)(CC(=O)c1c2ccccc2cc2ccccc12)c1ccccc1.FC(F)(F)c1cc([B-](c2cc(C(F)(F)F)cc(C(F)(F)F)c2)(c2cc(C(F)(F)F)cc(C(F)(F)F)c2)c2cc(C(F)(F)F)cc(C(F)(F)F)c2)cc(C(F)(F)F)c1. The summed E-state index contributed by atoms with van der Waals surface area (Å²) in [5, 5.41) is 3.88. The van der Waals surface area contributed by atoms with Gasteiger partial charge in [0.1, 0.15) is 22.3 Å². The van der Waals surface area contributed by atoms with E-state index in [9.17, 15) is 114 Å². The van der Waals surface area contributed by atoms with Gasteiger partial charge in [0.05, 0.1) is 44.5 Å². The summed E-state index contributed by atoms with van der Waals surface area (Å²) in [5.74, 6) is -0.0657. The van der Waals surface area contributed by atoms with Crippen LogP contribution in [-0.2, 0) is 63.6 Å². The maximum absolute atomic E-state index is 14.2. The molecule has 2 nitrogen and oxygen atoms in total. The molecule has 0 saturated carbocycles. The van der Waals surface area contributed by atoms with Gasteiger partial charge in [-0.05, 0) is 64.0 Å². The third-order valence-electron chi connectivity index (χ3n) is 13.1. The molecule has 0 aromatic heterocycles. The molecule has 8 rings (SSSR count). The summed E-state index contributed by atoms with van der Waals surface area (Å²) in [5.41, 5.74) is -29.5. The van der Waals surface area contributed by atoms with Crippen LogP contribution in [0, 0.1) is 0 Å². The van der Waals surface area contributed by atoms with Gasteiger partial charge in [-0.2, -0.15) is 127 Å². The van der Waals surface area contributed by atoms with Crippen LogP contribution in [0.2, 0.25) is 0 Å². The fourth-order valence-electron chi connectivity index (χ4n) is 9.50. The van der Waals surface area contributed by atoms with Gasteiger partial charge >= 0.3 is 49.4 Å². The topological polar surface area (TPSA) is 34.1 Å². The minimum atomic E-state index is -6.13. The number of ketones is 1. The summed E-state index contributed by atoms with van der Waals surface area (Å²) in [7, 11) is -2.44. The summed E-state index contributed by atoms with van der Waals surface area (Å²) < 4.78 is 354. The smallest absolute Gasteiger partial charge is 0.289 e.